The third-order valence-electron chi connectivity index (χ3n) is 7.20. The molecule has 1 saturated carbocycles. The summed E-state index contributed by atoms with van der Waals surface area (Å²) in [7, 11) is 0. The van der Waals surface area contributed by atoms with Crippen LogP contribution in [0.15, 0.2) is 37.1 Å². The molecule has 5 rings (SSSR count). The van der Waals surface area contributed by atoms with Gasteiger partial charge in [-0.1, -0.05) is 0 Å². The zero-order valence-electron chi connectivity index (χ0n) is 17.3. The molecule has 4 heterocycles. The number of carbonyl (C=O) groups is 1. The topological polar surface area (TPSA) is 82.5 Å². The quantitative estimate of drug-likeness (QED) is 0.842. The fourth-order valence-electron chi connectivity index (χ4n) is 5.46. The van der Waals surface area contributed by atoms with Crippen molar-refractivity contribution in [3.05, 3.63) is 37.1 Å². The van der Waals surface area contributed by atoms with Gasteiger partial charge in [0.2, 0.25) is 5.91 Å². The van der Waals surface area contributed by atoms with Gasteiger partial charge in [-0.05, 0) is 57.1 Å². The Morgan fingerprint density at radius 2 is 1.77 bits per heavy atom. The monoisotopic (exact) mass is 407 g/mol. The number of hydrogen-bond acceptors (Lipinski definition) is 6. The van der Waals surface area contributed by atoms with Crippen LogP contribution in [0.3, 0.4) is 0 Å². The average molecular weight is 408 g/mol. The van der Waals surface area contributed by atoms with E-state index in [1.165, 1.54) is 6.33 Å². The molecule has 1 atom stereocenters. The fraction of sp³-hybridized carbons (Fsp3) is 0.565. The van der Waals surface area contributed by atoms with Gasteiger partial charge in [0, 0.05) is 55.4 Å². The number of carbonyl (C=O) groups excluding carboxylic acids is 1. The molecule has 2 aromatic rings. The van der Waals surface area contributed by atoms with Gasteiger partial charge in [0.05, 0.1) is 11.5 Å². The van der Waals surface area contributed by atoms with Crippen molar-refractivity contribution in [2.24, 2.45) is 5.41 Å². The Hall–Kier alpha value is -2.54. The Bertz CT molecular complexity index is 882. The van der Waals surface area contributed by atoms with Crippen molar-refractivity contribution in [1.29, 1.82) is 0 Å². The molecule has 2 aliphatic heterocycles. The first kappa shape index (κ1) is 19.4. The molecule has 7 heteroatoms. The van der Waals surface area contributed by atoms with Crippen LogP contribution in [0, 0.1) is 5.41 Å². The molecule has 2 saturated heterocycles. The van der Waals surface area contributed by atoms with Crippen molar-refractivity contribution in [2.45, 2.75) is 57.1 Å². The Morgan fingerprint density at radius 3 is 2.50 bits per heavy atom. The molecular weight excluding hydrogens is 378 g/mol. The second-order valence-corrected chi connectivity index (χ2v) is 9.05. The minimum atomic E-state index is -0.276. The summed E-state index contributed by atoms with van der Waals surface area (Å²) in [5, 5.41) is 9.81. The number of nitrogens with zero attached hydrogens (tertiary/aromatic N) is 5. The summed E-state index contributed by atoms with van der Waals surface area (Å²) in [4.78, 5) is 30.7. The van der Waals surface area contributed by atoms with Crippen molar-refractivity contribution >= 4 is 11.7 Å². The summed E-state index contributed by atoms with van der Waals surface area (Å²) >= 11 is 0. The van der Waals surface area contributed by atoms with E-state index in [1.807, 2.05) is 12.3 Å². The average Bonchev–Trinajstić information content (AvgIpc) is 3.10. The number of aliphatic hydroxyl groups is 1. The largest absolute Gasteiger partial charge is 0.393 e. The lowest BCUT2D eigenvalue weighted by atomic mass is 9.78. The number of likely N-dealkylation sites (tertiary alicyclic amines) is 1. The highest BCUT2D eigenvalue weighted by molar-refractivity contribution is 5.86. The molecule has 0 bridgehead atoms. The van der Waals surface area contributed by atoms with Gasteiger partial charge >= 0.3 is 0 Å². The van der Waals surface area contributed by atoms with E-state index in [9.17, 15) is 9.90 Å². The number of piperidine rings is 1. The number of aliphatic hydroxyl groups excluding tert-OH is 1. The number of rotatable bonds is 3. The van der Waals surface area contributed by atoms with Crippen LogP contribution in [0.25, 0.3) is 11.1 Å². The van der Waals surface area contributed by atoms with E-state index >= 15 is 0 Å². The van der Waals surface area contributed by atoms with Gasteiger partial charge in [-0.2, -0.15) is 0 Å². The normalized spacial score (nSPS) is 29.6. The van der Waals surface area contributed by atoms with E-state index in [0.717, 1.165) is 81.5 Å². The first-order valence-corrected chi connectivity index (χ1v) is 11.1. The third kappa shape index (κ3) is 3.55. The lowest BCUT2D eigenvalue weighted by Crippen LogP contribution is -2.50. The van der Waals surface area contributed by atoms with E-state index in [0.29, 0.717) is 11.9 Å². The molecule has 1 spiro atoms. The Labute approximate surface area is 177 Å². The zero-order valence-corrected chi connectivity index (χ0v) is 17.3. The molecule has 2 aromatic heterocycles. The molecule has 158 valence electrons. The Morgan fingerprint density at radius 1 is 0.967 bits per heavy atom. The molecule has 1 unspecified atom stereocenters. The fourth-order valence-corrected chi connectivity index (χ4v) is 5.46. The third-order valence-corrected chi connectivity index (χ3v) is 7.20. The smallest absolute Gasteiger partial charge is 0.230 e. The Balaban J connectivity index is 1.29. The molecule has 7 nitrogen and oxygen atoms in total. The summed E-state index contributed by atoms with van der Waals surface area (Å²) in [5.74, 6) is 1.26. The van der Waals surface area contributed by atoms with Crippen LogP contribution >= 0.6 is 0 Å². The number of anilines is 1. The summed E-state index contributed by atoms with van der Waals surface area (Å²) < 4.78 is 0. The highest BCUT2D eigenvalue weighted by atomic mass is 16.3. The highest BCUT2D eigenvalue weighted by Gasteiger charge is 2.50. The van der Waals surface area contributed by atoms with Gasteiger partial charge in [-0.15, -0.1) is 0 Å². The lowest BCUT2D eigenvalue weighted by Gasteiger charge is -2.41. The maximum Gasteiger partial charge on any atom is 0.230 e. The minimum absolute atomic E-state index is 0.186. The van der Waals surface area contributed by atoms with E-state index in [4.69, 9.17) is 4.98 Å². The van der Waals surface area contributed by atoms with Crippen molar-refractivity contribution in [1.82, 2.24) is 19.9 Å². The predicted molar refractivity (Wildman–Crippen MR) is 114 cm³/mol. The standard InChI is InChI=1S/C23H29N5O2/c29-20-5-3-19(4-6-20)28-11-9-23(22(28)30)8-1-10-27(15-23)21-7-2-17(14-26-21)18-12-24-16-25-13-18/h2,7,12-14,16,19-20,29H,1,3-6,8-11,15H2/t19-,20-,23?. The first-order chi connectivity index (χ1) is 14.6. The number of amides is 1. The zero-order chi connectivity index (χ0) is 20.6. The molecule has 1 aliphatic carbocycles. The van der Waals surface area contributed by atoms with Crippen LogP contribution in [-0.4, -0.2) is 62.6 Å². The van der Waals surface area contributed by atoms with Gasteiger partial charge in [-0.25, -0.2) is 15.0 Å². The van der Waals surface area contributed by atoms with Crippen LogP contribution in [0.2, 0.25) is 0 Å². The van der Waals surface area contributed by atoms with Gasteiger partial charge in [0.1, 0.15) is 12.1 Å². The van der Waals surface area contributed by atoms with Crippen LogP contribution in [0.1, 0.15) is 44.9 Å². The van der Waals surface area contributed by atoms with Crippen LogP contribution in [-0.2, 0) is 4.79 Å². The van der Waals surface area contributed by atoms with E-state index < -0.39 is 0 Å². The van der Waals surface area contributed by atoms with Crippen LogP contribution in [0.5, 0.6) is 0 Å². The lowest BCUT2D eigenvalue weighted by molar-refractivity contribution is -0.139. The molecule has 30 heavy (non-hydrogen) atoms. The van der Waals surface area contributed by atoms with Crippen molar-refractivity contribution in [3.63, 3.8) is 0 Å². The maximum atomic E-state index is 13.5. The molecule has 1 amide bonds. The van der Waals surface area contributed by atoms with Gasteiger partial charge in [-0.3, -0.25) is 4.79 Å². The summed E-state index contributed by atoms with van der Waals surface area (Å²) in [6.45, 7) is 2.54. The molecule has 0 aromatic carbocycles. The number of pyridine rings is 1. The molecule has 3 aliphatic rings. The van der Waals surface area contributed by atoms with Gasteiger partial charge < -0.3 is 14.9 Å². The number of aromatic nitrogens is 3. The Kier molecular flexibility index (Phi) is 5.15. The minimum Gasteiger partial charge on any atom is -0.393 e. The SMILES string of the molecule is O=C1N([C@H]2CC[C@H](O)CC2)CCC12CCCN(c1ccc(-c3cncnc3)cn1)C2. The maximum absolute atomic E-state index is 13.5. The van der Waals surface area contributed by atoms with E-state index in [1.54, 1.807) is 12.4 Å². The predicted octanol–water partition coefficient (Wildman–Crippen LogP) is 2.66. The van der Waals surface area contributed by atoms with Crippen molar-refractivity contribution in [2.75, 3.05) is 24.5 Å². The molecular formula is C23H29N5O2. The highest BCUT2D eigenvalue weighted by Crippen LogP contribution is 2.43. The summed E-state index contributed by atoms with van der Waals surface area (Å²) in [6, 6.07) is 4.40. The second kappa shape index (κ2) is 7.95. The second-order valence-electron chi connectivity index (χ2n) is 9.05. The van der Waals surface area contributed by atoms with Crippen LogP contribution in [0.4, 0.5) is 5.82 Å². The van der Waals surface area contributed by atoms with E-state index in [2.05, 4.69) is 25.8 Å². The van der Waals surface area contributed by atoms with Gasteiger partial charge in [0.15, 0.2) is 0 Å². The van der Waals surface area contributed by atoms with Crippen molar-refractivity contribution in [3.8, 4) is 11.1 Å². The summed E-state index contributed by atoms with van der Waals surface area (Å²) in [5.41, 5.74) is 1.67. The summed E-state index contributed by atoms with van der Waals surface area (Å²) in [6.07, 6.45) is 13.2. The van der Waals surface area contributed by atoms with Crippen LogP contribution < -0.4 is 4.90 Å². The van der Waals surface area contributed by atoms with E-state index in [-0.39, 0.29) is 11.5 Å². The molecule has 1 N–H and O–H groups in total. The number of hydrogen-bond donors (Lipinski definition) is 1. The first-order valence-electron chi connectivity index (χ1n) is 11.1. The van der Waals surface area contributed by atoms with Gasteiger partial charge in [0.25, 0.3) is 0 Å². The molecule has 0 radical (unpaired) electrons. The van der Waals surface area contributed by atoms with Crippen molar-refractivity contribution < 1.29 is 9.90 Å². The molecule has 3 fully saturated rings.